The van der Waals surface area contributed by atoms with Crippen LogP contribution in [-0.2, 0) is 14.6 Å². The number of benzene rings is 1. The van der Waals surface area contributed by atoms with Crippen LogP contribution in [0, 0.1) is 0 Å². The molecular weight excluding hydrogens is 318 g/mol. The van der Waals surface area contributed by atoms with Crippen LogP contribution >= 0.6 is 0 Å². The van der Waals surface area contributed by atoms with Crippen LogP contribution < -0.4 is 0 Å². The molecule has 0 unspecified atom stereocenters. The van der Waals surface area contributed by atoms with E-state index >= 15 is 0 Å². The number of amides is 1. The Balaban J connectivity index is 1.80. The molecule has 2 heterocycles. The Morgan fingerprint density at radius 3 is 2.30 bits per heavy atom. The van der Waals surface area contributed by atoms with E-state index in [0.717, 1.165) is 11.8 Å². The summed E-state index contributed by atoms with van der Waals surface area (Å²) in [6, 6.07) is 9.73. The van der Waals surface area contributed by atoms with Gasteiger partial charge in [-0.1, -0.05) is 0 Å². The minimum absolute atomic E-state index is 0.160. The molecule has 0 radical (unpaired) electrons. The summed E-state index contributed by atoms with van der Waals surface area (Å²) >= 11 is 0. The van der Waals surface area contributed by atoms with Crippen molar-refractivity contribution in [1.29, 1.82) is 0 Å². The molecule has 23 heavy (non-hydrogen) atoms. The molecule has 0 bridgehead atoms. The molecule has 6 nitrogen and oxygen atoms in total. The smallest absolute Gasteiger partial charge is 0.289 e. The molecule has 0 spiro atoms. The van der Waals surface area contributed by atoms with Gasteiger partial charge in [-0.2, -0.15) is 0 Å². The first-order valence-corrected chi connectivity index (χ1v) is 9.11. The molecule has 1 amide bonds. The zero-order valence-electron chi connectivity index (χ0n) is 12.7. The molecule has 0 N–H and O–H groups in total. The lowest BCUT2D eigenvalue weighted by Gasteiger charge is -2.25. The van der Waals surface area contributed by atoms with E-state index in [1.54, 1.807) is 29.2 Å². The molecule has 0 aliphatic carbocycles. The molecule has 1 aliphatic rings. The summed E-state index contributed by atoms with van der Waals surface area (Å²) in [5.74, 6) is 0.642. The molecule has 122 valence electrons. The van der Waals surface area contributed by atoms with Crippen molar-refractivity contribution in [2.45, 2.75) is 4.90 Å². The van der Waals surface area contributed by atoms with Crippen LogP contribution in [0.5, 0.6) is 0 Å². The lowest BCUT2D eigenvalue weighted by Crippen LogP contribution is -2.40. The third-order valence-electron chi connectivity index (χ3n) is 3.68. The van der Waals surface area contributed by atoms with Crippen LogP contribution in [0.4, 0.5) is 0 Å². The summed E-state index contributed by atoms with van der Waals surface area (Å²) in [6.45, 7) is 2.17. The average molecular weight is 335 g/mol. The van der Waals surface area contributed by atoms with Crippen molar-refractivity contribution >= 4 is 15.7 Å². The second-order valence-corrected chi connectivity index (χ2v) is 7.38. The third-order valence-corrected chi connectivity index (χ3v) is 4.81. The van der Waals surface area contributed by atoms with Gasteiger partial charge in [-0.15, -0.1) is 0 Å². The molecular formula is C16H17NO5S. The van der Waals surface area contributed by atoms with Crippen LogP contribution in [0.3, 0.4) is 0 Å². The number of morpholine rings is 1. The minimum atomic E-state index is -3.23. The van der Waals surface area contributed by atoms with Gasteiger partial charge in [-0.3, -0.25) is 4.79 Å². The van der Waals surface area contributed by atoms with Gasteiger partial charge in [0.15, 0.2) is 15.6 Å². The Morgan fingerprint density at radius 2 is 1.70 bits per heavy atom. The first-order valence-electron chi connectivity index (χ1n) is 7.22. The molecule has 1 fully saturated rings. The third kappa shape index (κ3) is 3.46. The predicted molar refractivity (Wildman–Crippen MR) is 84.0 cm³/mol. The number of ether oxygens (including phenoxy) is 1. The molecule has 1 aromatic heterocycles. The van der Waals surface area contributed by atoms with Crippen LogP contribution in [0.25, 0.3) is 11.3 Å². The highest BCUT2D eigenvalue weighted by Gasteiger charge is 2.21. The minimum Gasteiger partial charge on any atom is -0.451 e. The van der Waals surface area contributed by atoms with Crippen LogP contribution in [0.15, 0.2) is 45.7 Å². The normalized spacial score (nSPS) is 15.6. The zero-order chi connectivity index (χ0) is 16.4. The van der Waals surface area contributed by atoms with E-state index < -0.39 is 9.84 Å². The molecule has 1 saturated heterocycles. The van der Waals surface area contributed by atoms with Gasteiger partial charge in [0.25, 0.3) is 5.91 Å². The van der Waals surface area contributed by atoms with E-state index in [0.29, 0.717) is 32.1 Å². The maximum Gasteiger partial charge on any atom is 0.289 e. The van der Waals surface area contributed by atoms with Crippen molar-refractivity contribution in [3.05, 3.63) is 42.2 Å². The summed E-state index contributed by atoms with van der Waals surface area (Å²) in [5.41, 5.74) is 0.721. The molecule has 7 heteroatoms. The second-order valence-electron chi connectivity index (χ2n) is 5.37. The van der Waals surface area contributed by atoms with Gasteiger partial charge in [0.1, 0.15) is 5.76 Å². The van der Waals surface area contributed by atoms with Gasteiger partial charge < -0.3 is 14.1 Å². The molecule has 3 rings (SSSR count). The molecule has 2 aromatic rings. The highest BCUT2D eigenvalue weighted by atomic mass is 32.2. The number of nitrogens with zero attached hydrogens (tertiary/aromatic N) is 1. The summed E-state index contributed by atoms with van der Waals surface area (Å²) in [7, 11) is -3.23. The number of hydrogen-bond acceptors (Lipinski definition) is 5. The van der Waals surface area contributed by atoms with Crippen molar-refractivity contribution in [3.8, 4) is 11.3 Å². The second kappa shape index (κ2) is 6.17. The molecule has 0 saturated carbocycles. The van der Waals surface area contributed by atoms with Gasteiger partial charge >= 0.3 is 0 Å². The van der Waals surface area contributed by atoms with E-state index in [2.05, 4.69) is 0 Å². The Kier molecular flexibility index (Phi) is 4.23. The summed E-state index contributed by atoms with van der Waals surface area (Å²) in [5, 5.41) is 0. The fourth-order valence-corrected chi connectivity index (χ4v) is 3.03. The highest BCUT2D eigenvalue weighted by molar-refractivity contribution is 7.90. The fourth-order valence-electron chi connectivity index (χ4n) is 2.40. The van der Waals surface area contributed by atoms with Gasteiger partial charge in [-0.05, 0) is 36.4 Å². The number of carbonyl (C=O) groups excluding carboxylic acids is 1. The van der Waals surface area contributed by atoms with Crippen LogP contribution in [0.2, 0.25) is 0 Å². The topological polar surface area (TPSA) is 76.8 Å². The number of hydrogen-bond donors (Lipinski definition) is 0. The largest absolute Gasteiger partial charge is 0.451 e. The van der Waals surface area contributed by atoms with Crippen molar-refractivity contribution in [1.82, 2.24) is 4.90 Å². The van der Waals surface area contributed by atoms with E-state index in [1.165, 1.54) is 12.1 Å². The summed E-state index contributed by atoms with van der Waals surface area (Å²) < 4.78 is 33.8. The Bertz CT molecular complexity index is 801. The van der Waals surface area contributed by atoms with Crippen LogP contribution in [0.1, 0.15) is 10.6 Å². The Morgan fingerprint density at radius 1 is 1.04 bits per heavy atom. The summed E-state index contributed by atoms with van der Waals surface area (Å²) in [6.07, 6.45) is 1.16. The van der Waals surface area contributed by atoms with Crippen molar-refractivity contribution in [2.75, 3.05) is 32.6 Å². The maximum atomic E-state index is 12.3. The number of carbonyl (C=O) groups is 1. The predicted octanol–water partition coefficient (Wildman–Crippen LogP) is 1.82. The molecule has 1 aliphatic heterocycles. The lowest BCUT2D eigenvalue weighted by molar-refractivity contribution is 0.0283. The van der Waals surface area contributed by atoms with E-state index in [9.17, 15) is 13.2 Å². The molecule has 0 atom stereocenters. The highest BCUT2D eigenvalue weighted by Crippen LogP contribution is 2.24. The standard InChI is InChI=1S/C16H17NO5S/c1-23(19,20)13-4-2-12(3-5-13)14-6-7-15(22-14)16(18)17-8-10-21-11-9-17/h2-7H,8-11H2,1H3. The first-order chi connectivity index (χ1) is 10.9. The van der Waals surface area contributed by atoms with Gasteiger partial charge in [0.05, 0.1) is 18.1 Å². The number of rotatable bonds is 3. The van der Waals surface area contributed by atoms with Gasteiger partial charge in [0.2, 0.25) is 0 Å². The average Bonchev–Trinajstić information content (AvgIpc) is 3.04. The summed E-state index contributed by atoms with van der Waals surface area (Å²) in [4.78, 5) is 14.3. The van der Waals surface area contributed by atoms with E-state index in [1.807, 2.05) is 0 Å². The van der Waals surface area contributed by atoms with Crippen molar-refractivity contribution in [3.63, 3.8) is 0 Å². The number of furan rings is 1. The fraction of sp³-hybridized carbons (Fsp3) is 0.312. The SMILES string of the molecule is CS(=O)(=O)c1ccc(-c2ccc(C(=O)N3CCOCC3)o2)cc1. The van der Waals surface area contributed by atoms with Gasteiger partial charge in [0, 0.05) is 24.9 Å². The van der Waals surface area contributed by atoms with Crippen molar-refractivity contribution in [2.24, 2.45) is 0 Å². The first kappa shape index (κ1) is 15.8. The molecule has 1 aromatic carbocycles. The lowest BCUT2D eigenvalue weighted by atomic mass is 10.2. The van der Waals surface area contributed by atoms with Crippen molar-refractivity contribution < 1.29 is 22.4 Å². The zero-order valence-corrected chi connectivity index (χ0v) is 13.5. The van der Waals surface area contributed by atoms with Crippen LogP contribution in [-0.4, -0.2) is 51.8 Å². The van der Waals surface area contributed by atoms with Gasteiger partial charge in [-0.25, -0.2) is 8.42 Å². The quantitative estimate of drug-likeness (QED) is 0.855. The number of sulfone groups is 1. The maximum absolute atomic E-state index is 12.3. The Hall–Kier alpha value is -2.12. The Labute approximate surface area is 134 Å². The van der Waals surface area contributed by atoms with E-state index in [4.69, 9.17) is 9.15 Å². The monoisotopic (exact) mass is 335 g/mol. The van der Waals surface area contributed by atoms with E-state index in [-0.39, 0.29) is 16.6 Å².